The summed E-state index contributed by atoms with van der Waals surface area (Å²) in [5, 5.41) is 6.54. The van der Waals surface area contributed by atoms with Crippen molar-refractivity contribution < 1.29 is 13.9 Å². The van der Waals surface area contributed by atoms with Crippen LogP contribution in [0.25, 0.3) is 0 Å². The summed E-state index contributed by atoms with van der Waals surface area (Å²) in [5.41, 5.74) is 1.97. The second kappa shape index (κ2) is 13.5. The Kier molecular flexibility index (Phi) is 11.1. The van der Waals surface area contributed by atoms with Gasteiger partial charge in [-0.15, -0.1) is 24.0 Å². The predicted octanol–water partition coefficient (Wildman–Crippen LogP) is 2.88. The molecule has 8 nitrogen and oxygen atoms in total. The van der Waals surface area contributed by atoms with Gasteiger partial charge in [0.2, 0.25) is 5.89 Å². The molecule has 1 saturated heterocycles. The molecule has 0 unspecified atom stereocenters. The highest BCUT2D eigenvalue weighted by molar-refractivity contribution is 14.0. The molecule has 0 aliphatic carbocycles. The van der Waals surface area contributed by atoms with Crippen LogP contribution in [0.5, 0.6) is 5.75 Å². The summed E-state index contributed by atoms with van der Waals surface area (Å²) in [7, 11) is 0. The number of hydrogen-bond donors (Lipinski definition) is 2. The molecule has 0 atom stereocenters. The lowest BCUT2D eigenvalue weighted by Gasteiger charge is -2.26. The minimum absolute atomic E-state index is 0. The number of nitrogens with zero attached hydrogens (tertiary/aromatic N) is 3. The number of aromatic nitrogens is 1. The molecule has 1 aliphatic rings. The van der Waals surface area contributed by atoms with Crippen LogP contribution in [-0.2, 0) is 17.8 Å². The Morgan fingerprint density at radius 2 is 1.97 bits per heavy atom. The zero-order valence-electron chi connectivity index (χ0n) is 18.6. The third-order valence-corrected chi connectivity index (χ3v) is 4.97. The third-order valence-electron chi connectivity index (χ3n) is 4.97. The van der Waals surface area contributed by atoms with Gasteiger partial charge in [-0.3, -0.25) is 4.90 Å². The maximum atomic E-state index is 6.06. The molecule has 0 amide bonds. The molecule has 3 rings (SSSR count). The first-order chi connectivity index (χ1) is 14.7. The molecule has 31 heavy (non-hydrogen) atoms. The molecule has 1 aromatic carbocycles. The van der Waals surface area contributed by atoms with E-state index in [0.717, 1.165) is 62.2 Å². The maximum Gasteiger partial charge on any atom is 0.214 e. The Morgan fingerprint density at radius 3 is 2.68 bits per heavy atom. The van der Waals surface area contributed by atoms with Crippen molar-refractivity contribution in [1.29, 1.82) is 0 Å². The van der Waals surface area contributed by atoms with Crippen molar-refractivity contribution in [2.75, 3.05) is 46.0 Å². The van der Waals surface area contributed by atoms with E-state index in [0.29, 0.717) is 31.5 Å². The number of nitrogens with one attached hydrogen (secondary N) is 2. The van der Waals surface area contributed by atoms with Crippen LogP contribution < -0.4 is 15.4 Å². The molecular formula is C22H34IN5O3. The molecule has 1 fully saturated rings. The van der Waals surface area contributed by atoms with Crippen LogP contribution in [-0.4, -0.2) is 61.8 Å². The molecule has 0 bridgehead atoms. The van der Waals surface area contributed by atoms with E-state index in [1.807, 2.05) is 39.0 Å². The van der Waals surface area contributed by atoms with Gasteiger partial charge in [-0.1, -0.05) is 18.2 Å². The van der Waals surface area contributed by atoms with E-state index in [9.17, 15) is 0 Å². The van der Waals surface area contributed by atoms with Gasteiger partial charge in [-0.05, 0) is 26.8 Å². The minimum atomic E-state index is 0. The fraction of sp³-hybridized carbons (Fsp3) is 0.545. The summed E-state index contributed by atoms with van der Waals surface area (Å²) in [5.74, 6) is 3.10. The van der Waals surface area contributed by atoms with Gasteiger partial charge in [0.1, 0.15) is 18.1 Å². The number of ether oxygens (including phenoxy) is 2. The van der Waals surface area contributed by atoms with Crippen molar-refractivity contribution in [2.45, 2.75) is 33.9 Å². The molecule has 1 aromatic heterocycles. The van der Waals surface area contributed by atoms with Crippen LogP contribution in [0, 0.1) is 13.8 Å². The second-order valence-electron chi connectivity index (χ2n) is 7.21. The van der Waals surface area contributed by atoms with Crippen LogP contribution >= 0.6 is 24.0 Å². The van der Waals surface area contributed by atoms with Crippen LogP contribution in [0.15, 0.2) is 33.7 Å². The highest BCUT2D eigenvalue weighted by Crippen LogP contribution is 2.19. The van der Waals surface area contributed by atoms with Gasteiger partial charge in [0.05, 0.1) is 32.0 Å². The highest BCUT2D eigenvalue weighted by atomic mass is 127. The molecule has 0 spiro atoms. The zero-order valence-corrected chi connectivity index (χ0v) is 21.0. The normalized spacial score (nSPS) is 14.7. The Morgan fingerprint density at radius 1 is 1.19 bits per heavy atom. The largest absolute Gasteiger partial charge is 0.492 e. The first-order valence-corrected chi connectivity index (χ1v) is 10.6. The number of hydrogen-bond acceptors (Lipinski definition) is 6. The molecule has 172 valence electrons. The van der Waals surface area contributed by atoms with Crippen molar-refractivity contribution in [3.63, 3.8) is 0 Å². The SMILES string of the molecule is CCNC(=NCc1ccccc1OCCN1CCOCC1)NCc1nc(C)c(C)o1.I. The summed E-state index contributed by atoms with van der Waals surface area (Å²) in [6.45, 7) is 12.8. The number of rotatable bonds is 9. The third kappa shape index (κ3) is 8.30. The molecule has 2 N–H and O–H groups in total. The summed E-state index contributed by atoms with van der Waals surface area (Å²) < 4.78 is 17.1. The molecular weight excluding hydrogens is 509 g/mol. The second-order valence-corrected chi connectivity index (χ2v) is 7.21. The van der Waals surface area contributed by atoms with E-state index in [1.165, 1.54) is 0 Å². The number of halogens is 1. The minimum Gasteiger partial charge on any atom is -0.492 e. The van der Waals surface area contributed by atoms with E-state index in [-0.39, 0.29) is 24.0 Å². The number of benzene rings is 1. The number of aliphatic imine (C=N–C) groups is 1. The number of oxazole rings is 1. The Bertz CT molecular complexity index is 802. The fourth-order valence-electron chi connectivity index (χ4n) is 3.16. The van der Waals surface area contributed by atoms with Gasteiger partial charge in [-0.25, -0.2) is 9.98 Å². The van der Waals surface area contributed by atoms with Crippen molar-refractivity contribution >= 4 is 29.9 Å². The van der Waals surface area contributed by atoms with Crippen molar-refractivity contribution in [1.82, 2.24) is 20.5 Å². The fourth-order valence-corrected chi connectivity index (χ4v) is 3.16. The van der Waals surface area contributed by atoms with Crippen molar-refractivity contribution in [2.24, 2.45) is 4.99 Å². The van der Waals surface area contributed by atoms with Gasteiger partial charge >= 0.3 is 0 Å². The van der Waals surface area contributed by atoms with E-state index < -0.39 is 0 Å². The summed E-state index contributed by atoms with van der Waals surface area (Å²) in [4.78, 5) is 11.5. The van der Waals surface area contributed by atoms with Crippen LogP contribution in [0.2, 0.25) is 0 Å². The molecule has 0 radical (unpaired) electrons. The van der Waals surface area contributed by atoms with E-state index in [2.05, 4.69) is 26.6 Å². The predicted molar refractivity (Wildman–Crippen MR) is 132 cm³/mol. The summed E-state index contributed by atoms with van der Waals surface area (Å²) in [6, 6.07) is 8.06. The summed E-state index contributed by atoms with van der Waals surface area (Å²) >= 11 is 0. The van der Waals surface area contributed by atoms with E-state index in [1.54, 1.807) is 0 Å². The molecule has 0 saturated carbocycles. The Hall–Kier alpha value is -1.85. The van der Waals surface area contributed by atoms with Gasteiger partial charge in [0, 0.05) is 31.7 Å². The average molecular weight is 543 g/mol. The van der Waals surface area contributed by atoms with Crippen LogP contribution in [0.4, 0.5) is 0 Å². The standard InChI is InChI=1S/C22H33N5O3.HI/c1-4-23-22(25-16-21-26-17(2)18(3)30-21)24-15-19-7-5-6-8-20(19)29-14-11-27-9-12-28-13-10-27;/h5-8H,4,9-16H2,1-3H3,(H2,23,24,25);1H. The molecule has 9 heteroatoms. The Balaban J connectivity index is 0.00000341. The lowest BCUT2D eigenvalue weighted by atomic mass is 10.2. The number of guanidine groups is 1. The van der Waals surface area contributed by atoms with Crippen molar-refractivity contribution in [3.05, 3.63) is 47.2 Å². The monoisotopic (exact) mass is 543 g/mol. The van der Waals surface area contributed by atoms with E-state index in [4.69, 9.17) is 18.9 Å². The lowest BCUT2D eigenvalue weighted by molar-refractivity contribution is 0.0322. The van der Waals surface area contributed by atoms with Crippen LogP contribution in [0.1, 0.15) is 29.8 Å². The smallest absolute Gasteiger partial charge is 0.214 e. The van der Waals surface area contributed by atoms with Gasteiger partial charge in [0.15, 0.2) is 5.96 Å². The quantitative estimate of drug-likeness (QED) is 0.286. The molecule has 2 aromatic rings. The van der Waals surface area contributed by atoms with Gasteiger partial charge in [-0.2, -0.15) is 0 Å². The number of aryl methyl sites for hydroxylation is 2. The number of para-hydroxylation sites is 1. The molecule has 1 aliphatic heterocycles. The average Bonchev–Trinajstić information content (AvgIpc) is 3.09. The topological polar surface area (TPSA) is 84.2 Å². The number of morpholine rings is 1. The lowest BCUT2D eigenvalue weighted by Crippen LogP contribution is -2.38. The van der Waals surface area contributed by atoms with E-state index >= 15 is 0 Å². The first-order valence-electron chi connectivity index (χ1n) is 10.6. The first kappa shape index (κ1) is 25.4. The summed E-state index contributed by atoms with van der Waals surface area (Å²) in [6.07, 6.45) is 0. The Labute approximate surface area is 201 Å². The highest BCUT2D eigenvalue weighted by Gasteiger charge is 2.11. The van der Waals surface area contributed by atoms with Crippen LogP contribution in [0.3, 0.4) is 0 Å². The van der Waals surface area contributed by atoms with Gasteiger partial charge < -0.3 is 24.5 Å². The zero-order chi connectivity index (χ0) is 21.2. The maximum absolute atomic E-state index is 6.06. The van der Waals surface area contributed by atoms with Crippen molar-refractivity contribution in [3.8, 4) is 5.75 Å². The molecule has 2 heterocycles. The van der Waals surface area contributed by atoms with Gasteiger partial charge in [0.25, 0.3) is 0 Å².